The number of halogens is 1. The van der Waals surface area contributed by atoms with Crippen molar-refractivity contribution in [1.82, 2.24) is 0 Å². The van der Waals surface area contributed by atoms with Crippen LogP contribution in [0.2, 0.25) is 0 Å². The van der Waals surface area contributed by atoms with Gasteiger partial charge in [0, 0.05) is 10.2 Å². The van der Waals surface area contributed by atoms with Gasteiger partial charge in [-0.2, -0.15) is 0 Å². The van der Waals surface area contributed by atoms with Gasteiger partial charge in [-0.25, -0.2) is 4.79 Å². The highest BCUT2D eigenvalue weighted by Gasteiger charge is 2.18. The molecule has 0 amide bonds. The number of hydrogen-bond acceptors (Lipinski definition) is 3. The van der Waals surface area contributed by atoms with Crippen LogP contribution in [0.1, 0.15) is 46.0 Å². The Balaban J connectivity index is 2.56. The number of rotatable bonds is 9. The first kappa shape index (κ1) is 17.0. The number of ether oxygens (including phenoxy) is 1. The molecule has 0 spiro atoms. The molecule has 0 bridgehead atoms. The molecule has 1 rings (SSSR count). The predicted octanol–water partition coefficient (Wildman–Crippen LogP) is 4.76. The molecular weight excluding hydrogens is 318 g/mol. The molecule has 0 aliphatic carbocycles. The summed E-state index contributed by atoms with van der Waals surface area (Å²) in [4.78, 5) is 12.0. The molecule has 1 N–H and O–H groups in total. The Bertz CT molecular complexity index is 392. The van der Waals surface area contributed by atoms with E-state index in [1.807, 2.05) is 31.2 Å². The Morgan fingerprint density at radius 3 is 2.50 bits per heavy atom. The van der Waals surface area contributed by atoms with Crippen LogP contribution in [0.25, 0.3) is 0 Å². The first-order valence-corrected chi connectivity index (χ1v) is 8.15. The van der Waals surface area contributed by atoms with Crippen LogP contribution in [0.5, 0.6) is 0 Å². The van der Waals surface area contributed by atoms with E-state index in [1.165, 1.54) is 12.8 Å². The molecular formula is C16H24BrNO2. The fourth-order valence-electron chi connectivity index (χ4n) is 2.01. The number of benzene rings is 1. The molecule has 0 heterocycles. The first-order valence-electron chi connectivity index (χ1n) is 7.36. The Morgan fingerprint density at radius 2 is 1.90 bits per heavy atom. The highest BCUT2D eigenvalue weighted by atomic mass is 79.9. The van der Waals surface area contributed by atoms with E-state index in [1.54, 1.807) is 0 Å². The number of carbonyl (C=O) groups excluding carboxylic acids is 1. The molecule has 0 saturated carbocycles. The Morgan fingerprint density at radius 1 is 1.20 bits per heavy atom. The van der Waals surface area contributed by atoms with Gasteiger partial charge >= 0.3 is 5.97 Å². The van der Waals surface area contributed by atoms with E-state index in [0.29, 0.717) is 6.61 Å². The SMILES string of the molecule is CCCCCCC(Nc1ccc(Br)cc1)C(=O)OCC. The number of nitrogens with one attached hydrogen (secondary N) is 1. The molecule has 112 valence electrons. The molecule has 0 aliphatic rings. The topological polar surface area (TPSA) is 38.3 Å². The summed E-state index contributed by atoms with van der Waals surface area (Å²) in [6.45, 7) is 4.45. The van der Waals surface area contributed by atoms with Crippen molar-refractivity contribution < 1.29 is 9.53 Å². The molecule has 0 saturated heterocycles. The fourth-order valence-corrected chi connectivity index (χ4v) is 2.28. The summed E-state index contributed by atoms with van der Waals surface area (Å²) in [6, 6.07) is 7.58. The standard InChI is InChI=1S/C16H24BrNO2/c1-3-5-6-7-8-15(16(19)20-4-2)18-14-11-9-13(17)10-12-14/h9-12,15,18H,3-8H2,1-2H3. The van der Waals surface area contributed by atoms with Crippen LogP contribution in [-0.2, 0) is 9.53 Å². The van der Waals surface area contributed by atoms with E-state index in [-0.39, 0.29) is 12.0 Å². The lowest BCUT2D eigenvalue weighted by molar-refractivity contribution is -0.144. The van der Waals surface area contributed by atoms with Crippen molar-refractivity contribution >= 4 is 27.6 Å². The number of carbonyl (C=O) groups is 1. The third-order valence-corrected chi connectivity index (χ3v) is 3.63. The lowest BCUT2D eigenvalue weighted by Crippen LogP contribution is -2.31. The highest BCUT2D eigenvalue weighted by molar-refractivity contribution is 9.10. The fraction of sp³-hybridized carbons (Fsp3) is 0.562. The third kappa shape index (κ3) is 6.42. The molecule has 1 aromatic carbocycles. The quantitative estimate of drug-likeness (QED) is 0.519. The number of anilines is 1. The summed E-state index contributed by atoms with van der Waals surface area (Å²) in [6.07, 6.45) is 5.43. The minimum atomic E-state index is -0.256. The van der Waals surface area contributed by atoms with E-state index >= 15 is 0 Å². The van der Waals surface area contributed by atoms with Crippen LogP contribution >= 0.6 is 15.9 Å². The van der Waals surface area contributed by atoms with Gasteiger partial charge in [0.05, 0.1) is 6.61 Å². The molecule has 0 fully saturated rings. The molecule has 1 aromatic rings. The van der Waals surface area contributed by atoms with Gasteiger partial charge in [0.15, 0.2) is 0 Å². The van der Waals surface area contributed by atoms with Crippen LogP contribution in [0.3, 0.4) is 0 Å². The molecule has 3 nitrogen and oxygen atoms in total. The molecule has 0 radical (unpaired) electrons. The van der Waals surface area contributed by atoms with Crippen molar-refractivity contribution in [3.05, 3.63) is 28.7 Å². The minimum absolute atomic E-state index is 0.160. The largest absolute Gasteiger partial charge is 0.464 e. The summed E-state index contributed by atoms with van der Waals surface area (Å²) in [5.74, 6) is -0.160. The van der Waals surface area contributed by atoms with Gasteiger partial charge in [-0.05, 0) is 37.6 Å². The van der Waals surface area contributed by atoms with E-state index in [0.717, 1.165) is 29.4 Å². The predicted molar refractivity (Wildman–Crippen MR) is 86.9 cm³/mol. The van der Waals surface area contributed by atoms with Crippen molar-refractivity contribution in [2.45, 2.75) is 52.0 Å². The van der Waals surface area contributed by atoms with Gasteiger partial charge in [0.1, 0.15) is 6.04 Å². The lowest BCUT2D eigenvalue weighted by atomic mass is 10.1. The molecule has 0 aromatic heterocycles. The van der Waals surface area contributed by atoms with Crippen LogP contribution in [0.4, 0.5) is 5.69 Å². The maximum absolute atomic E-state index is 12.0. The van der Waals surface area contributed by atoms with Crippen LogP contribution < -0.4 is 5.32 Å². The maximum Gasteiger partial charge on any atom is 0.328 e. The first-order chi connectivity index (χ1) is 9.67. The molecule has 20 heavy (non-hydrogen) atoms. The molecule has 1 atom stereocenters. The third-order valence-electron chi connectivity index (χ3n) is 3.10. The van der Waals surface area contributed by atoms with E-state index < -0.39 is 0 Å². The number of unbranched alkanes of at least 4 members (excludes halogenated alkanes) is 3. The zero-order valence-electron chi connectivity index (χ0n) is 12.3. The van der Waals surface area contributed by atoms with E-state index in [2.05, 4.69) is 28.2 Å². The van der Waals surface area contributed by atoms with Crippen LogP contribution in [0, 0.1) is 0 Å². The minimum Gasteiger partial charge on any atom is -0.464 e. The van der Waals surface area contributed by atoms with Gasteiger partial charge < -0.3 is 10.1 Å². The monoisotopic (exact) mass is 341 g/mol. The van der Waals surface area contributed by atoms with Gasteiger partial charge in [-0.1, -0.05) is 48.5 Å². The second kappa shape index (κ2) is 9.81. The van der Waals surface area contributed by atoms with Gasteiger partial charge in [-0.15, -0.1) is 0 Å². The van der Waals surface area contributed by atoms with Crippen molar-refractivity contribution in [1.29, 1.82) is 0 Å². The summed E-state index contributed by atoms with van der Waals surface area (Å²) < 4.78 is 6.17. The molecule has 1 unspecified atom stereocenters. The van der Waals surface area contributed by atoms with Gasteiger partial charge in [0.25, 0.3) is 0 Å². The maximum atomic E-state index is 12.0. The summed E-state index contributed by atoms with van der Waals surface area (Å²) in [5, 5.41) is 3.27. The van der Waals surface area contributed by atoms with E-state index in [4.69, 9.17) is 4.74 Å². The Kier molecular flexibility index (Phi) is 8.35. The van der Waals surface area contributed by atoms with Crippen molar-refractivity contribution in [2.24, 2.45) is 0 Å². The highest BCUT2D eigenvalue weighted by Crippen LogP contribution is 2.17. The number of esters is 1. The average molecular weight is 342 g/mol. The zero-order valence-corrected chi connectivity index (χ0v) is 13.9. The zero-order chi connectivity index (χ0) is 14.8. The molecule has 0 aliphatic heterocycles. The Labute approximate surface area is 130 Å². The van der Waals surface area contributed by atoms with Crippen LogP contribution in [-0.4, -0.2) is 18.6 Å². The number of hydrogen-bond donors (Lipinski definition) is 1. The second-order valence-electron chi connectivity index (χ2n) is 4.81. The summed E-state index contributed by atoms with van der Waals surface area (Å²) >= 11 is 3.41. The van der Waals surface area contributed by atoms with Crippen LogP contribution in [0.15, 0.2) is 28.7 Å². The van der Waals surface area contributed by atoms with Crippen molar-refractivity contribution in [3.63, 3.8) is 0 Å². The Hall–Kier alpha value is -1.03. The summed E-state index contributed by atoms with van der Waals surface area (Å²) in [5.41, 5.74) is 0.946. The smallest absolute Gasteiger partial charge is 0.328 e. The van der Waals surface area contributed by atoms with Crippen molar-refractivity contribution in [3.8, 4) is 0 Å². The lowest BCUT2D eigenvalue weighted by Gasteiger charge is -2.18. The van der Waals surface area contributed by atoms with Gasteiger partial charge in [-0.3, -0.25) is 0 Å². The van der Waals surface area contributed by atoms with Gasteiger partial charge in [0.2, 0.25) is 0 Å². The second-order valence-corrected chi connectivity index (χ2v) is 5.72. The average Bonchev–Trinajstić information content (AvgIpc) is 2.44. The van der Waals surface area contributed by atoms with Crippen molar-refractivity contribution in [2.75, 3.05) is 11.9 Å². The van der Waals surface area contributed by atoms with E-state index in [9.17, 15) is 4.79 Å². The molecule has 4 heteroatoms. The summed E-state index contributed by atoms with van der Waals surface area (Å²) in [7, 11) is 0. The normalized spacial score (nSPS) is 11.9.